The quantitative estimate of drug-likeness (QED) is 0.845. The second kappa shape index (κ2) is 7.59. The molecule has 1 fully saturated rings. The highest BCUT2D eigenvalue weighted by atomic mass is 16.5. The first-order valence-electron chi connectivity index (χ1n) is 8.20. The van der Waals surface area contributed by atoms with Gasteiger partial charge >= 0.3 is 0 Å². The molecule has 0 bridgehead atoms. The Bertz CT molecular complexity index is 573. The van der Waals surface area contributed by atoms with Crippen molar-refractivity contribution in [3.8, 4) is 5.75 Å². The summed E-state index contributed by atoms with van der Waals surface area (Å²) in [4.78, 5) is 26.0. The number of hydrogen-bond acceptors (Lipinski definition) is 4. The van der Waals surface area contributed by atoms with E-state index in [9.17, 15) is 9.59 Å². The van der Waals surface area contributed by atoms with Crippen LogP contribution in [0.25, 0.3) is 0 Å². The van der Waals surface area contributed by atoms with Gasteiger partial charge in [-0.15, -0.1) is 0 Å². The molecule has 1 amide bonds. The number of amides is 1. The van der Waals surface area contributed by atoms with E-state index in [4.69, 9.17) is 10.5 Å². The van der Waals surface area contributed by atoms with Crippen molar-refractivity contribution in [2.24, 2.45) is 11.7 Å². The Hall–Kier alpha value is -1.88. The number of carbonyl (C=O) groups excluding carboxylic acids is 2. The summed E-state index contributed by atoms with van der Waals surface area (Å²) in [6.07, 6.45) is 1.34. The van der Waals surface area contributed by atoms with Gasteiger partial charge in [0, 0.05) is 24.7 Å². The maximum Gasteiger partial charge on any atom is 0.263 e. The number of hydrogen-bond donors (Lipinski definition) is 1. The number of benzene rings is 1. The monoisotopic (exact) mass is 318 g/mol. The molecule has 1 saturated heterocycles. The number of rotatable bonds is 5. The third kappa shape index (κ3) is 4.32. The molecule has 1 aliphatic rings. The van der Waals surface area contributed by atoms with E-state index in [2.05, 4.69) is 6.92 Å². The van der Waals surface area contributed by atoms with Gasteiger partial charge < -0.3 is 15.4 Å². The summed E-state index contributed by atoms with van der Waals surface area (Å²) in [5, 5.41) is 0. The van der Waals surface area contributed by atoms with E-state index < -0.39 is 6.10 Å². The van der Waals surface area contributed by atoms with Crippen molar-refractivity contribution in [2.75, 3.05) is 13.1 Å². The number of ether oxygens (including phenoxy) is 1. The van der Waals surface area contributed by atoms with Gasteiger partial charge in [0.25, 0.3) is 5.91 Å². The lowest BCUT2D eigenvalue weighted by Crippen LogP contribution is -2.52. The largest absolute Gasteiger partial charge is 0.481 e. The predicted octanol–water partition coefficient (Wildman–Crippen LogP) is 2.24. The molecular formula is C18H26N2O3. The van der Waals surface area contributed by atoms with Gasteiger partial charge in [-0.25, -0.2) is 0 Å². The molecule has 2 N–H and O–H groups in total. The molecule has 1 aromatic carbocycles. The Balaban J connectivity index is 2.04. The first kappa shape index (κ1) is 17.5. The number of likely N-dealkylation sites (tertiary alicyclic amines) is 1. The summed E-state index contributed by atoms with van der Waals surface area (Å²) in [7, 11) is 0. The Morgan fingerprint density at radius 2 is 2.17 bits per heavy atom. The second-order valence-corrected chi connectivity index (χ2v) is 6.39. The first-order valence-corrected chi connectivity index (χ1v) is 8.20. The highest BCUT2D eigenvalue weighted by Crippen LogP contribution is 2.23. The zero-order valence-corrected chi connectivity index (χ0v) is 14.1. The summed E-state index contributed by atoms with van der Waals surface area (Å²) in [6.45, 7) is 6.64. The van der Waals surface area contributed by atoms with Crippen LogP contribution in [0, 0.1) is 5.92 Å². The van der Waals surface area contributed by atoms with E-state index in [0.29, 0.717) is 23.8 Å². The minimum Gasteiger partial charge on any atom is -0.481 e. The van der Waals surface area contributed by atoms with Crippen LogP contribution in [0.4, 0.5) is 0 Å². The van der Waals surface area contributed by atoms with Crippen LogP contribution in [0.1, 0.15) is 44.0 Å². The molecule has 2 rings (SSSR count). The fourth-order valence-corrected chi connectivity index (χ4v) is 3.04. The topological polar surface area (TPSA) is 72.6 Å². The molecule has 0 spiro atoms. The van der Waals surface area contributed by atoms with Crippen LogP contribution < -0.4 is 10.5 Å². The van der Waals surface area contributed by atoms with E-state index >= 15 is 0 Å². The van der Waals surface area contributed by atoms with Gasteiger partial charge in [-0.05, 0) is 44.7 Å². The SMILES string of the molecule is CC(=O)c1cccc(OC(C)C(=O)N2CCC(C)CC2CN)c1. The smallest absolute Gasteiger partial charge is 0.263 e. The summed E-state index contributed by atoms with van der Waals surface area (Å²) < 4.78 is 5.76. The van der Waals surface area contributed by atoms with Crippen molar-refractivity contribution in [2.45, 2.75) is 45.8 Å². The van der Waals surface area contributed by atoms with Gasteiger partial charge in [-0.1, -0.05) is 19.1 Å². The van der Waals surface area contributed by atoms with Gasteiger partial charge in [-0.3, -0.25) is 9.59 Å². The number of nitrogens with zero attached hydrogens (tertiary/aromatic N) is 1. The molecule has 23 heavy (non-hydrogen) atoms. The molecule has 3 atom stereocenters. The van der Waals surface area contributed by atoms with E-state index in [-0.39, 0.29) is 17.7 Å². The van der Waals surface area contributed by atoms with Crippen LogP contribution in [-0.4, -0.2) is 41.8 Å². The highest BCUT2D eigenvalue weighted by Gasteiger charge is 2.32. The molecule has 0 radical (unpaired) electrons. The van der Waals surface area contributed by atoms with Gasteiger partial charge in [0.1, 0.15) is 5.75 Å². The average molecular weight is 318 g/mol. The van der Waals surface area contributed by atoms with Crippen molar-refractivity contribution >= 4 is 11.7 Å². The zero-order valence-electron chi connectivity index (χ0n) is 14.1. The highest BCUT2D eigenvalue weighted by molar-refractivity contribution is 5.94. The summed E-state index contributed by atoms with van der Waals surface area (Å²) in [5.74, 6) is 1.06. The molecule has 1 heterocycles. The number of piperidine rings is 1. The van der Waals surface area contributed by atoms with Crippen molar-refractivity contribution in [1.82, 2.24) is 4.90 Å². The lowest BCUT2D eigenvalue weighted by molar-refractivity contribution is -0.142. The number of nitrogens with two attached hydrogens (primary N) is 1. The Morgan fingerprint density at radius 3 is 2.83 bits per heavy atom. The molecule has 5 heteroatoms. The van der Waals surface area contributed by atoms with Gasteiger partial charge in [0.05, 0.1) is 0 Å². The molecule has 0 aliphatic carbocycles. The standard InChI is InChI=1S/C18H26N2O3/c1-12-7-8-20(16(9-12)11-19)18(22)14(3)23-17-6-4-5-15(10-17)13(2)21/h4-6,10,12,14,16H,7-9,11,19H2,1-3H3. The number of carbonyl (C=O) groups is 2. The van der Waals surface area contributed by atoms with Crippen molar-refractivity contribution in [1.29, 1.82) is 0 Å². The summed E-state index contributed by atoms with van der Waals surface area (Å²) >= 11 is 0. The first-order chi connectivity index (χ1) is 10.9. The van der Waals surface area contributed by atoms with Crippen molar-refractivity contribution in [3.63, 3.8) is 0 Å². The molecule has 0 aromatic heterocycles. The molecule has 5 nitrogen and oxygen atoms in total. The predicted molar refractivity (Wildman–Crippen MR) is 89.5 cm³/mol. The molecule has 126 valence electrons. The van der Waals surface area contributed by atoms with Crippen LogP contribution in [0.2, 0.25) is 0 Å². The van der Waals surface area contributed by atoms with Crippen molar-refractivity contribution < 1.29 is 14.3 Å². The fourth-order valence-electron chi connectivity index (χ4n) is 3.04. The van der Waals surface area contributed by atoms with E-state index in [1.54, 1.807) is 31.2 Å². The van der Waals surface area contributed by atoms with Crippen LogP contribution >= 0.6 is 0 Å². The van der Waals surface area contributed by atoms with Crippen molar-refractivity contribution in [3.05, 3.63) is 29.8 Å². The third-order valence-corrected chi connectivity index (χ3v) is 4.43. The Kier molecular flexibility index (Phi) is 5.77. The Labute approximate surface area is 137 Å². The Morgan fingerprint density at radius 1 is 1.43 bits per heavy atom. The lowest BCUT2D eigenvalue weighted by Gasteiger charge is -2.39. The molecule has 3 unspecified atom stereocenters. The van der Waals surface area contributed by atoms with Crippen LogP contribution in [0.3, 0.4) is 0 Å². The summed E-state index contributed by atoms with van der Waals surface area (Å²) in [6, 6.07) is 7.01. The van der Waals surface area contributed by atoms with Crippen LogP contribution in [0.5, 0.6) is 5.75 Å². The molecular weight excluding hydrogens is 292 g/mol. The normalized spacial score (nSPS) is 22.5. The maximum absolute atomic E-state index is 12.7. The minimum absolute atomic E-state index is 0.0253. The van der Waals surface area contributed by atoms with Gasteiger partial charge in [0.15, 0.2) is 11.9 Å². The number of Topliss-reactive ketones (excluding diaryl/α,β-unsaturated/α-hetero) is 1. The van der Waals surface area contributed by atoms with E-state index in [0.717, 1.165) is 19.4 Å². The summed E-state index contributed by atoms with van der Waals surface area (Å²) in [5.41, 5.74) is 6.40. The third-order valence-electron chi connectivity index (χ3n) is 4.43. The number of ketones is 1. The van der Waals surface area contributed by atoms with Gasteiger partial charge in [-0.2, -0.15) is 0 Å². The van der Waals surface area contributed by atoms with E-state index in [1.807, 2.05) is 4.90 Å². The lowest BCUT2D eigenvalue weighted by atomic mass is 9.92. The van der Waals surface area contributed by atoms with Gasteiger partial charge in [0.2, 0.25) is 0 Å². The van der Waals surface area contributed by atoms with E-state index in [1.165, 1.54) is 6.92 Å². The van der Waals surface area contributed by atoms with Crippen LogP contribution in [-0.2, 0) is 4.79 Å². The zero-order chi connectivity index (χ0) is 17.0. The van der Waals surface area contributed by atoms with Crippen LogP contribution in [0.15, 0.2) is 24.3 Å². The average Bonchev–Trinajstić information content (AvgIpc) is 2.54. The minimum atomic E-state index is -0.598. The fraction of sp³-hybridized carbons (Fsp3) is 0.556. The molecule has 1 aromatic rings. The maximum atomic E-state index is 12.7. The molecule has 0 saturated carbocycles. The second-order valence-electron chi connectivity index (χ2n) is 6.39. The molecule has 1 aliphatic heterocycles.